The average molecular weight is 513 g/mol. The van der Waals surface area contributed by atoms with Crippen molar-refractivity contribution in [2.45, 2.75) is 63.0 Å². The van der Waals surface area contributed by atoms with Crippen LogP contribution in [0.3, 0.4) is 0 Å². The van der Waals surface area contributed by atoms with E-state index >= 15 is 0 Å². The summed E-state index contributed by atoms with van der Waals surface area (Å²) in [6, 6.07) is 7.11. The van der Waals surface area contributed by atoms with Gasteiger partial charge in [-0.15, -0.1) is 18.3 Å². The summed E-state index contributed by atoms with van der Waals surface area (Å²) in [5.41, 5.74) is -0.509. The number of aliphatic hydroxyl groups is 1. The third-order valence-electron chi connectivity index (χ3n) is 5.17. The van der Waals surface area contributed by atoms with Gasteiger partial charge in [0.25, 0.3) is 0 Å². The highest BCUT2D eigenvalue weighted by atomic mass is 32.2. The molecule has 0 aromatic heterocycles. The molecule has 35 heavy (non-hydrogen) atoms. The smallest absolute Gasteiger partial charge is 0.305 e. The van der Waals surface area contributed by atoms with Crippen molar-refractivity contribution in [2.75, 3.05) is 32.7 Å². The monoisotopic (exact) mass is 512 g/mol. The molecule has 1 aromatic rings. The van der Waals surface area contributed by atoms with Gasteiger partial charge in [0.05, 0.1) is 20.3 Å². The third kappa shape index (κ3) is 9.71. The van der Waals surface area contributed by atoms with Crippen LogP contribution >= 0.6 is 11.8 Å². The summed E-state index contributed by atoms with van der Waals surface area (Å²) in [6.45, 7) is 7.70. The molecule has 0 spiro atoms. The molecule has 0 radical (unpaired) electrons. The maximum atomic E-state index is 11.6. The van der Waals surface area contributed by atoms with E-state index in [-0.39, 0.29) is 19.2 Å². The van der Waals surface area contributed by atoms with E-state index in [2.05, 4.69) is 11.3 Å². The molecule has 5 atom stereocenters. The Morgan fingerprint density at radius 2 is 1.83 bits per heavy atom. The van der Waals surface area contributed by atoms with E-state index in [1.807, 2.05) is 6.92 Å². The van der Waals surface area contributed by atoms with Gasteiger partial charge < -0.3 is 33.5 Å². The Morgan fingerprint density at radius 1 is 1.14 bits per heavy atom. The molecule has 1 aromatic carbocycles. The van der Waals surface area contributed by atoms with Gasteiger partial charge in [-0.25, -0.2) is 0 Å². The number of hydrogen-bond acceptors (Lipinski definition) is 10. The van der Waals surface area contributed by atoms with Crippen LogP contribution in [0.25, 0.3) is 0 Å². The number of benzene rings is 1. The Bertz CT molecular complexity index is 786. The van der Waals surface area contributed by atoms with Crippen molar-refractivity contribution >= 4 is 23.7 Å². The highest BCUT2D eigenvalue weighted by Crippen LogP contribution is 2.33. The zero-order chi connectivity index (χ0) is 25.6. The molecule has 1 unspecified atom stereocenters. The number of methoxy groups -OCH3 is 1. The first kappa shape index (κ1) is 29.0. The van der Waals surface area contributed by atoms with E-state index in [1.165, 1.54) is 25.8 Å². The van der Waals surface area contributed by atoms with Crippen molar-refractivity contribution in [3.8, 4) is 11.5 Å². The molecule has 196 valence electrons. The molecule has 2 rings (SSSR count). The van der Waals surface area contributed by atoms with Crippen LogP contribution in [0.2, 0.25) is 0 Å². The first-order valence-corrected chi connectivity index (χ1v) is 12.7. The lowest BCUT2D eigenvalue weighted by Gasteiger charge is -2.43. The molecule has 0 saturated carbocycles. The van der Waals surface area contributed by atoms with Crippen molar-refractivity contribution in [2.24, 2.45) is 0 Å². The number of unbranched alkanes of at least 4 members (excludes halogenated alkanes) is 1. The van der Waals surface area contributed by atoms with E-state index in [4.69, 9.17) is 23.7 Å². The van der Waals surface area contributed by atoms with Gasteiger partial charge in [0.1, 0.15) is 41.9 Å². The van der Waals surface area contributed by atoms with Gasteiger partial charge in [-0.05, 0) is 42.9 Å². The number of carbonyl (C=O) groups is 2. The Morgan fingerprint density at radius 3 is 2.43 bits per heavy atom. The van der Waals surface area contributed by atoms with Gasteiger partial charge in [0.2, 0.25) is 0 Å². The Labute approximate surface area is 211 Å². The molecule has 1 heterocycles. The molecule has 1 fully saturated rings. The number of thioether (sulfide) groups is 1. The quantitative estimate of drug-likeness (QED) is 0.214. The fourth-order valence-electron chi connectivity index (χ4n) is 3.49. The van der Waals surface area contributed by atoms with Gasteiger partial charge in [0, 0.05) is 13.3 Å². The van der Waals surface area contributed by atoms with E-state index in [0.717, 1.165) is 12.2 Å². The molecule has 0 aliphatic carbocycles. The minimum Gasteiger partial charge on any atom is -0.494 e. The highest BCUT2D eigenvalue weighted by molar-refractivity contribution is 7.99. The van der Waals surface area contributed by atoms with Gasteiger partial charge in [-0.3, -0.25) is 9.59 Å². The van der Waals surface area contributed by atoms with Crippen LogP contribution in [0.4, 0.5) is 0 Å². The van der Waals surface area contributed by atoms with E-state index in [9.17, 15) is 14.7 Å². The second-order valence-corrected chi connectivity index (χ2v) is 9.19. The lowest BCUT2D eigenvalue weighted by molar-refractivity contribution is -0.226. The molecule has 1 N–H and O–H groups in total. The highest BCUT2D eigenvalue weighted by Gasteiger charge is 2.48. The molecule has 9 nitrogen and oxygen atoms in total. The Kier molecular flexibility index (Phi) is 13.0. The molecule has 0 bridgehead atoms. The first-order chi connectivity index (χ1) is 16.9. The molecule has 0 amide bonds. The first-order valence-electron chi connectivity index (χ1n) is 11.7. The molecule has 1 aliphatic rings. The van der Waals surface area contributed by atoms with Gasteiger partial charge >= 0.3 is 11.9 Å². The van der Waals surface area contributed by atoms with Crippen LogP contribution in [-0.4, -0.2) is 79.6 Å². The zero-order valence-corrected chi connectivity index (χ0v) is 21.4. The topological polar surface area (TPSA) is 110 Å². The molecular weight excluding hydrogens is 476 g/mol. The van der Waals surface area contributed by atoms with Crippen LogP contribution < -0.4 is 9.47 Å². The second-order valence-electron chi connectivity index (χ2n) is 7.81. The van der Waals surface area contributed by atoms with Gasteiger partial charge in [-0.2, -0.15) is 0 Å². The standard InChI is InChI=1S/C25H36O9S/c1-5-14-31-23-22(28)20(34-25(35-6-2)24(23)33-17(3)26)16-32-19-12-10-18(11-13-19)30-15-8-7-9-21(27)29-4/h5,10-13,20,22-25,28H,1,6-9,14-16H2,2-4H3/t20-,22+,23+,24-,25?/m1/s1. The van der Waals surface area contributed by atoms with Gasteiger partial charge in [-0.1, -0.05) is 13.0 Å². The van der Waals surface area contributed by atoms with Crippen LogP contribution in [0.5, 0.6) is 11.5 Å². The predicted octanol–water partition coefficient (Wildman–Crippen LogP) is 3.13. The van der Waals surface area contributed by atoms with E-state index in [0.29, 0.717) is 30.9 Å². The normalized spacial score (nSPS) is 23.8. The maximum absolute atomic E-state index is 11.6. The fraction of sp³-hybridized carbons (Fsp3) is 0.600. The third-order valence-corrected chi connectivity index (χ3v) is 6.21. The number of carbonyl (C=O) groups excluding carboxylic acids is 2. The summed E-state index contributed by atoms with van der Waals surface area (Å²) in [5, 5.41) is 10.9. The van der Waals surface area contributed by atoms with Crippen molar-refractivity contribution in [1.29, 1.82) is 0 Å². The maximum Gasteiger partial charge on any atom is 0.305 e. The van der Waals surface area contributed by atoms with Crippen molar-refractivity contribution in [1.82, 2.24) is 0 Å². The lowest BCUT2D eigenvalue weighted by atomic mass is 9.99. The fourth-order valence-corrected chi connectivity index (χ4v) is 4.44. The van der Waals surface area contributed by atoms with Crippen molar-refractivity contribution in [3.05, 3.63) is 36.9 Å². The van der Waals surface area contributed by atoms with Crippen LogP contribution in [0.1, 0.15) is 33.1 Å². The summed E-state index contributed by atoms with van der Waals surface area (Å²) in [4.78, 5) is 22.8. The van der Waals surface area contributed by atoms with Gasteiger partial charge in [0.15, 0.2) is 6.10 Å². The molecule has 1 aliphatic heterocycles. The summed E-state index contributed by atoms with van der Waals surface area (Å²) < 4.78 is 33.4. The van der Waals surface area contributed by atoms with Crippen LogP contribution in [-0.2, 0) is 28.5 Å². The summed E-state index contributed by atoms with van der Waals surface area (Å²) >= 11 is 1.47. The number of hydrogen-bond donors (Lipinski definition) is 1. The Balaban J connectivity index is 1.92. The predicted molar refractivity (Wildman–Crippen MR) is 132 cm³/mol. The van der Waals surface area contributed by atoms with E-state index in [1.54, 1.807) is 30.3 Å². The Hall–Kier alpha value is -2.27. The van der Waals surface area contributed by atoms with Crippen LogP contribution in [0, 0.1) is 0 Å². The average Bonchev–Trinajstić information content (AvgIpc) is 2.84. The summed E-state index contributed by atoms with van der Waals surface area (Å²) in [5.74, 6) is 1.30. The number of esters is 2. The SMILES string of the molecule is C=CCO[C@H]1[C@@H](O)[C@@H](COc2ccc(OCCCCC(=O)OC)cc2)OC(SCC)[C@@H]1OC(C)=O. The van der Waals surface area contributed by atoms with Crippen LogP contribution in [0.15, 0.2) is 36.9 Å². The van der Waals surface area contributed by atoms with Crippen molar-refractivity contribution < 1.29 is 43.1 Å². The minimum atomic E-state index is -1.07. The molecule has 10 heteroatoms. The lowest BCUT2D eigenvalue weighted by Crippen LogP contribution is -2.60. The number of rotatable bonds is 15. The number of aliphatic hydroxyl groups excluding tert-OH is 1. The second kappa shape index (κ2) is 15.7. The summed E-state index contributed by atoms with van der Waals surface area (Å²) in [7, 11) is 1.38. The van der Waals surface area contributed by atoms with Crippen molar-refractivity contribution in [3.63, 3.8) is 0 Å². The molecular formula is C25H36O9S. The minimum absolute atomic E-state index is 0.0798. The summed E-state index contributed by atoms with van der Waals surface area (Å²) in [6.07, 6.45) is 0.0944. The number of ether oxygens (including phenoxy) is 6. The molecule has 1 saturated heterocycles. The largest absolute Gasteiger partial charge is 0.494 e. The zero-order valence-electron chi connectivity index (χ0n) is 20.6. The van der Waals surface area contributed by atoms with E-state index < -0.39 is 35.8 Å².